The summed E-state index contributed by atoms with van der Waals surface area (Å²) in [6.45, 7) is 32.7. The maximum Gasteiger partial charge on any atom is 0.409 e. The Bertz CT molecular complexity index is 2910. The molecule has 0 spiro atoms. The number of aliphatic hydroxyl groups is 3. The maximum absolute atomic E-state index is 13.8. The molecule has 6 heterocycles. The smallest absolute Gasteiger partial charge is 0.409 e. The number of aryl methyl sites for hydroxylation is 2. The molecule has 4 saturated heterocycles. The average Bonchev–Trinajstić information content (AvgIpc) is 1.59. The molecule has 4 fully saturated rings. The van der Waals surface area contributed by atoms with Gasteiger partial charge in [-0.1, -0.05) is 125 Å². The number of rotatable bonds is 3. The van der Waals surface area contributed by atoms with Crippen LogP contribution in [0.15, 0.2) is 84.3 Å². The maximum atomic E-state index is 13.8. The molecule has 0 aliphatic carbocycles. The Morgan fingerprint density at radius 3 is 1.58 bits per heavy atom. The van der Waals surface area contributed by atoms with Gasteiger partial charge in [-0.15, -0.1) is 0 Å². The predicted molar refractivity (Wildman–Crippen MR) is 347 cm³/mol. The summed E-state index contributed by atoms with van der Waals surface area (Å²) in [5.74, 6) is -2.05. The van der Waals surface area contributed by atoms with E-state index in [1.165, 1.54) is 9.80 Å². The van der Waals surface area contributed by atoms with Crippen LogP contribution < -0.4 is 20.4 Å². The second-order valence-electron chi connectivity index (χ2n) is 24.8. The quantitative estimate of drug-likeness (QED) is 0.110. The molecule has 5 N–H and O–H groups in total. The minimum atomic E-state index is -1.50. The van der Waals surface area contributed by atoms with E-state index in [1.54, 1.807) is 35.0 Å². The van der Waals surface area contributed by atoms with Gasteiger partial charge in [0.25, 0.3) is 5.97 Å². The largest absolute Gasteiger partial charge is 0.653 e. The number of nitrogens with one attached hydrogen (secondary N) is 2. The summed E-state index contributed by atoms with van der Waals surface area (Å²) in [7, 11) is 4.88. The number of fused-ring (bicyclic) bond motifs is 10. The van der Waals surface area contributed by atoms with Gasteiger partial charge in [0.15, 0.2) is 5.88 Å². The number of carbonyl (C=O) groups excluding carboxylic acids is 4. The van der Waals surface area contributed by atoms with Crippen molar-refractivity contribution < 1.29 is 124 Å². The van der Waals surface area contributed by atoms with Gasteiger partial charge < -0.3 is 72.3 Å². The van der Waals surface area contributed by atoms with E-state index in [4.69, 9.17) is 46.9 Å². The zero-order valence-electron chi connectivity index (χ0n) is 55.0. The molecule has 2 aromatic rings. The molecule has 6 aliphatic rings. The Labute approximate surface area is 592 Å². The normalized spacial score (nSPS) is 34.0. The van der Waals surface area contributed by atoms with Crippen LogP contribution in [0.5, 0.6) is 0 Å². The van der Waals surface area contributed by atoms with Gasteiger partial charge in [0.1, 0.15) is 41.0 Å². The summed E-state index contributed by atoms with van der Waals surface area (Å²) < 4.78 is 29.7. The molecule has 2 radical (unpaired) electrons. The molecule has 17 nitrogen and oxygen atoms in total. The summed E-state index contributed by atoms with van der Waals surface area (Å²) in [5.41, 5.74) is 2.29. The van der Waals surface area contributed by atoms with Crippen molar-refractivity contribution in [3.8, 4) is 0 Å². The first-order chi connectivity index (χ1) is 40.2. The number of benzene rings is 2. The number of anilines is 2. The number of ether oxygens (including phenoxy) is 5. The van der Waals surface area contributed by atoms with Crippen molar-refractivity contribution in [1.29, 1.82) is 0 Å². The van der Waals surface area contributed by atoms with Gasteiger partial charge in [-0.25, -0.2) is 4.79 Å². The van der Waals surface area contributed by atoms with Crippen LogP contribution in [-0.2, 0) is 116 Å². The number of likely N-dealkylation sites (N-methyl/N-ethyl adjacent to an activating group) is 1. The van der Waals surface area contributed by atoms with Gasteiger partial charge in [-0.05, 0) is 101 Å². The first-order valence-corrected chi connectivity index (χ1v) is 30.6. The van der Waals surface area contributed by atoms with Gasteiger partial charge in [-0.2, -0.15) is 34.7 Å². The molecule has 89 heavy (non-hydrogen) atoms. The van der Waals surface area contributed by atoms with Gasteiger partial charge in [-0.3, -0.25) is 19.7 Å². The van der Waals surface area contributed by atoms with Crippen LogP contribution in [0.2, 0.25) is 10.0 Å². The average molecular weight is 1430 g/mol. The molecule has 21 heteroatoms. The second kappa shape index (κ2) is 34.9. The molecule has 0 saturated carbocycles. The number of allylic oxidation sites excluding steroid dienone is 6. The first kappa shape index (κ1) is 82.1. The van der Waals surface area contributed by atoms with Crippen LogP contribution in [0.1, 0.15) is 145 Å². The molecule has 6 aliphatic heterocycles. The Hall–Kier alpha value is -3.03. The number of epoxide rings is 2. The van der Waals surface area contributed by atoms with Gasteiger partial charge in [0.2, 0.25) is 11.8 Å². The molecular formula is C68H100Cl2N5O12Y2-3. The molecule has 492 valence electrons. The number of esters is 1. The van der Waals surface area contributed by atoms with E-state index < -0.39 is 83.3 Å². The third-order valence-electron chi connectivity index (χ3n) is 17.3. The molecule has 3 amide bonds. The van der Waals surface area contributed by atoms with E-state index in [1.807, 2.05) is 164 Å². The summed E-state index contributed by atoms with van der Waals surface area (Å²) >= 11 is 13.3. The number of alkyl carbamates (subject to hydrolysis) is 1. The van der Waals surface area contributed by atoms with Crippen molar-refractivity contribution in [3.05, 3.63) is 135 Å². The number of carbonyl (C=O) groups is 4. The minimum absolute atomic E-state index is 0. The van der Waals surface area contributed by atoms with Crippen molar-refractivity contribution in [3.63, 3.8) is 0 Å². The van der Waals surface area contributed by atoms with Crippen LogP contribution in [0.3, 0.4) is 0 Å². The van der Waals surface area contributed by atoms with Crippen LogP contribution in [-0.4, -0.2) is 126 Å². The van der Waals surface area contributed by atoms with Gasteiger partial charge in [0, 0.05) is 116 Å². The van der Waals surface area contributed by atoms with Crippen molar-refractivity contribution in [2.75, 3.05) is 30.9 Å². The summed E-state index contributed by atoms with van der Waals surface area (Å²) in [5, 5.41) is 44.7. The molecule has 2 aromatic carbocycles. The van der Waals surface area contributed by atoms with Crippen molar-refractivity contribution in [2.24, 2.45) is 23.7 Å². The van der Waals surface area contributed by atoms with Crippen molar-refractivity contribution in [2.45, 2.75) is 215 Å². The molecule has 8 rings (SSSR count). The molecule has 8 bridgehead atoms. The zero-order valence-corrected chi connectivity index (χ0v) is 62.2. The third kappa shape index (κ3) is 20.5. The monoisotopic (exact) mass is 1430 g/mol. The van der Waals surface area contributed by atoms with Crippen LogP contribution in [0, 0.1) is 50.4 Å². The Morgan fingerprint density at radius 2 is 1.13 bits per heavy atom. The molecule has 14 unspecified atom stereocenters. The van der Waals surface area contributed by atoms with Crippen LogP contribution in [0.4, 0.5) is 16.2 Å². The third-order valence-corrected chi connectivity index (χ3v) is 18.3. The van der Waals surface area contributed by atoms with Crippen LogP contribution >= 0.6 is 23.2 Å². The zero-order chi connectivity index (χ0) is 64.6. The Morgan fingerprint density at radius 1 is 0.730 bits per heavy atom. The van der Waals surface area contributed by atoms with E-state index in [9.17, 15) is 34.5 Å². The van der Waals surface area contributed by atoms with E-state index in [0.29, 0.717) is 34.3 Å². The van der Waals surface area contributed by atoms with E-state index in [2.05, 4.69) is 22.5 Å². The molecule has 0 aromatic heterocycles. The Kier molecular flexibility index (Phi) is 32.2. The van der Waals surface area contributed by atoms with Crippen molar-refractivity contribution >= 4 is 58.5 Å². The SMILES string of the molecule is C.C/C1=C\C=C\C(C)C2(O)CC(OC(=O)N2)C(C)C2OC2(C)C(O)CC(=O)N(C)c2cc(cc(C)c2Cl)C1.C=C1NC2(O)CC(O1)C(C)C1OC1(C)C(OC(=O)[C@H](C)[N-]C)CC(=O)N(C)c1cc(cc(C)c1Cl)C/C(C)=C/C=C/C2C.C[CH-]C.C[CH-]C.[Y].[Y]. The Balaban J connectivity index is 0.000000545. The fraction of sp³-hybridized carbons (Fsp3) is 0.588. The summed E-state index contributed by atoms with van der Waals surface area (Å²) in [6.07, 6.45) is 12.5. The van der Waals surface area contributed by atoms with Crippen LogP contribution in [0.25, 0.3) is 5.32 Å². The summed E-state index contributed by atoms with van der Waals surface area (Å²) in [6, 6.07) is 7.13. The number of amides is 3. The fourth-order valence-corrected chi connectivity index (χ4v) is 11.9. The fourth-order valence-electron chi connectivity index (χ4n) is 11.4. The molecule has 15 atom stereocenters. The molecular weight excluding hydrogens is 1330 g/mol. The topological polar surface area (TPSA) is 226 Å². The van der Waals surface area contributed by atoms with E-state index in [0.717, 1.165) is 33.4 Å². The number of hydrogen-bond acceptors (Lipinski definition) is 13. The predicted octanol–water partition coefficient (Wildman–Crippen LogP) is 12.5. The van der Waals surface area contributed by atoms with E-state index in [-0.39, 0.29) is 134 Å². The first-order valence-electron chi connectivity index (χ1n) is 29.8. The second-order valence-corrected chi connectivity index (χ2v) is 25.5. The van der Waals surface area contributed by atoms with Crippen molar-refractivity contribution in [1.82, 2.24) is 10.6 Å². The van der Waals surface area contributed by atoms with E-state index >= 15 is 0 Å². The van der Waals surface area contributed by atoms with Gasteiger partial charge >= 0.3 is 6.09 Å². The number of halogens is 2. The number of nitrogens with zero attached hydrogens (tertiary/aromatic N) is 3. The minimum Gasteiger partial charge on any atom is -0.653 e. The summed E-state index contributed by atoms with van der Waals surface area (Å²) in [4.78, 5) is 55.3. The standard InChI is InChI=1S/C33H45ClN3O6.C28H37ClN2O6.2C3H7.CH4.2Y/c1-18-11-10-12-20(3)33(40)17-26(41-23(6)36-33)21(4)30-32(7,43-30)27(42-31(39)22(5)35-8)16-28(38)37(9)25-15-24(13-18)14-19(2)29(25)34;1-15-8-7-9-17(3)28(35)14-21(36-26(34)30-28)18(4)25-27(5,37-25)22(32)13-23(33)31(6)20-12-19(10-15)11-16(2)24(20)29;2*1-3-2;;;/h10-12,14-15,20-22,26-27,30,36,40H,6,13,16-17H2,1-5,7-9H3;7-9,11-12,17-18,21-22,25,32,35H,10,13-14H2,1-6H3,(H,30,34);2*3H,1-2H3;1H4;;/q-1;;2*-1;;;/b12-10+,18-11+;9-7+,15-8+;;;;;/t20?,21?,22-,26?,27?,30?,32?,33?;;;;;;/m0....../s1. The van der Waals surface area contributed by atoms with Gasteiger partial charge in [0.05, 0.1) is 52.6 Å². The number of aliphatic hydroxyl groups excluding tert-OH is 1. The number of hydrogen-bond donors (Lipinski definition) is 5.